The molecule has 104 valence electrons. The number of amides is 1. The Balaban J connectivity index is 2.22. The maximum absolute atomic E-state index is 12.3. The molecule has 3 nitrogen and oxygen atoms in total. The third kappa shape index (κ3) is 3.33. The number of benzene rings is 2. The Morgan fingerprint density at radius 1 is 1.10 bits per heavy atom. The second-order valence-corrected chi connectivity index (χ2v) is 5.45. The lowest BCUT2D eigenvalue weighted by atomic mass is 10.1. The lowest BCUT2D eigenvalue weighted by Gasteiger charge is -2.14. The standard InChI is InChI=1S/C16H18N2OS/c1-18(2)13-8-6-7-12(11-13)16(19)17-14-9-4-5-10-15(14)20-3/h4-11H,1-3H3,(H,17,19). The third-order valence-electron chi connectivity index (χ3n) is 2.98. The second kappa shape index (κ2) is 6.48. The Labute approximate surface area is 124 Å². The summed E-state index contributed by atoms with van der Waals surface area (Å²) in [6.07, 6.45) is 2.00. The Morgan fingerprint density at radius 3 is 2.55 bits per heavy atom. The normalized spacial score (nSPS) is 10.2. The van der Waals surface area contributed by atoms with E-state index in [1.54, 1.807) is 11.8 Å². The molecule has 0 saturated heterocycles. The Kier molecular flexibility index (Phi) is 4.69. The van der Waals surface area contributed by atoms with Crippen molar-refractivity contribution in [1.29, 1.82) is 0 Å². The van der Waals surface area contributed by atoms with Gasteiger partial charge < -0.3 is 10.2 Å². The van der Waals surface area contributed by atoms with Crippen LogP contribution in [-0.4, -0.2) is 26.3 Å². The lowest BCUT2D eigenvalue weighted by molar-refractivity contribution is 0.102. The predicted octanol–water partition coefficient (Wildman–Crippen LogP) is 3.73. The molecule has 0 aliphatic rings. The van der Waals surface area contributed by atoms with Gasteiger partial charge in [-0.25, -0.2) is 0 Å². The van der Waals surface area contributed by atoms with E-state index in [4.69, 9.17) is 0 Å². The van der Waals surface area contributed by atoms with Gasteiger partial charge in [0.2, 0.25) is 0 Å². The molecule has 0 aliphatic heterocycles. The first-order valence-corrected chi connectivity index (χ1v) is 7.56. The molecular formula is C16H18N2OS. The van der Waals surface area contributed by atoms with Crippen LogP contribution in [0.15, 0.2) is 53.4 Å². The molecule has 2 aromatic carbocycles. The average molecular weight is 286 g/mol. The summed E-state index contributed by atoms with van der Waals surface area (Å²) >= 11 is 1.62. The van der Waals surface area contributed by atoms with Gasteiger partial charge in [-0.3, -0.25) is 4.79 Å². The Morgan fingerprint density at radius 2 is 1.85 bits per heavy atom. The van der Waals surface area contributed by atoms with E-state index in [0.29, 0.717) is 5.56 Å². The molecule has 0 aliphatic carbocycles. The molecule has 0 spiro atoms. The fourth-order valence-corrected chi connectivity index (χ4v) is 2.42. The highest BCUT2D eigenvalue weighted by Crippen LogP contribution is 2.25. The van der Waals surface area contributed by atoms with Crippen molar-refractivity contribution in [1.82, 2.24) is 0 Å². The monoisotopic (exact) mass is 286 g/mol. The number of carbonyl (C=O) groups excluding carboxylic acids is 1. The number of hydrogen-bond acceptors (Lipinski definition) is 3. The first kappa shape index (κ1) is 14.5. The van der Waals surface area contributed by atoms with E-state index >= 15 is 0 Å². The highest BCUT2D eigenvalue weighted by molar-refractivity contribution is 7.98. The van der Waals surface area contributed by atoms with Crippen molar-refractivity contribution in [2.45, 2.75) is 4.90 Å². The van der Waals surface area contributed by atoms with Crippen LogP contribution in [-0.2, 0) is 0 Å². The number of para-hydroxylation sites is 1. The van der Waals surface area contributed by atoms with Crippen molar-refractivity contribution >= 4 is 29.0 Å². The van der Waals surface area contributed by atoms with Crippen LogP contribution in [0.25, 0.3) is 0 Å². The Bertz CT molecular complexity index is 611. The van der Waals surface area contributed by atoms with Crippen LogP contribution in [0.3, 0.4) is 0 Å². The van der Waals surface area contributed by atoms with Gasteiger partial charge in [0.05, 0.1) is 5.69 Å². The van der Waals surface area contributed by atoms with E-state index in [0.717, 1.165) is 16.3 Å². The van der Waals surface area contributed by atoms with Crippen molar-refractivity contribution in [3.05, 3.63) is 54.1 Å². The minimum absolute atomic E-state index is 0.0878. The van der Waals surface area contributed by atoms with Crippen molar-refractivity contribution in [3.8, 4) is 0 Å². The van der Waals surface area contributed by atoms with Gasteiger partial charge in [0.1, 0.15) is 0 Å². The second-order valence-electron chi connectivity index (χ2n) is 4.60. The molecule has 4 heteroatoms. The van der Waals surface area contributed by atoms with Crippen LogP contribution in [0.5, 0.6) is 0 Å². The molecule has 0 unspecified atom stereocenters. The molecule has 20 heavy (non-hydrogen) atoms. The number of thioether (sulfide) groups is 1. The number of carbonyl (C=O) groups is 1. The average Bonchev–Trinajstić information content (AvgIpc) is 2.48. The lowest BCUT2D eigenvalue weighted by Crippen LogP contribution is -2.14. The van der Waals surface area contributed by atoms with Crippen LogP contribution >= 0.6 is 11.8 Å². The van der Waals surface area contributed by atoms with Gasteiger partial charge in [0, 0.05) is 30.2 Å². The highest BCUT2D eigenvalue weighted by Gasteiger charge is 2.09. The number of nitrogens with zero attached hydrogens (tertiary/aromatic N) is 1. The van der Waals surface area contributed by atoms with E-state index in [1.807, 2.05) is 73.8 Å². The third-order valence-corrected chi connectivity index (χ3v) is 3.78. The van der Waals surface area contributed by atoms with Gasteiger partial charge in [-0.05, 0) is 36.6 Å². The number of nitrogens with one attached hydrogen (secondary N) is 1. The summed E-state index contributed by atoms with van der Waals surface area (Å²) in [6.45, 7) is 0. The molecule has 1 amide bonds. The van der Waals surface area contributed by atoms with Gasteiger partial charge in [-0.2, -0.15) is 0 Å². The van der Waals surface area contributed by atoms with Crippen molar-refractivity contribution in [2.24, 2.45) is 0 Å². The maximum atomic E-state index is 12.3. The fourth-order valence-electron chi connectivity index (χ4n) is 1.87. The molecule has 1 N–H and O–H groups in total. The molecule has 0 heterocycles. The topological polar surface area (TPSA) is 32.3 Å². The van der Waals surface area contributed by atoms with E-state index < -0.39 is 0 Å². The summed E-state index contributed by atoms with van der Waals surface area (Å²) in [5, 5.41) is 2.97. The smallest absolute Gasteiger partial charge is 0.255 e. The summed E-state index contributed by atoms with van der Waals surface area (Å²) in [5.41, 5.74) is 2.52. The highest BCUT2D eigenvalue weighted by atomic mass is 32.2. The Hall–Kier alpha value is -1.94. The molecule has 2 rings (SSSR count). The van der Waals surface area contributed by atoms with Crippen LogP contribution in [0.2, 0.25) is 0 Å². The minimum atomic E-state index is -0.0878. The zero-order valence-electron chi connectivity index (χ0n) is 11.9. The summed E-state index contributed by atoms with van der Waals surface area (Å²) in [7, 11) is 3.92. The van der Waals surface area contributed by atoms with E-state index in [-0.39, 0.29) is 5.91 Å². The van der Waals surface area contributed by atoms with Crippen LogP contribution < -0.4 is 10.2 Å². The number of rotatable bonds is 4. The minimum Gasteiger partial charge on any atom is -0.378 e. The van der Waals surface area contributed by atoms with Gasteiger partial charge in [0.25, 0.3) is 5.91 Å². The summed E-state index contributed by atoms with van der Waals surface area (Å²) in [6, 6.07) is 15.4. The van der Waals surface area contributed by atoms with E-state index in [9.17, 15) is 4.79 Å². The molecule has 0 fully saturated rings. The SMILES string of the molecule is CSc1ccccc1NC(=O)c1cccc(N(C)C)c1. The van der Waals surface area contributed by atoms with Gasteiger partial charge in [-0.15, -0.1) is 11.8 Å². The predicted molar refractivity (Wildman–Crippen MR) is 86.9 cm³/mol. The summed E-state index contributed by atoms with van der Waals surface area (Å²) in [4.78, 5) is 15.4. The molecule has 0 radical (unpaired) electrons. The summed E-state index contributed by atoms with van der Waals surface area (Å²) in [5.74, 6) is -0.0878. The van der Waals surface area contributed by atoms with Crippen molar-refractivity contribution in [3.63, 3.8) is 0 Å². The number of hydrogen-bond donors (Lipinski definition) is 1. The van der Waals surface area contributed by atoms with Crippen molar-refractivity contribution < 1.29 is 4.79 Å². The molecule has 0 saturated carbocycles. The van der Waals surface area contributed by atoms with Gasteiger partial charge in [-0.1, -0.05) is 18.2 Å². The first-order chi connectivity index (χ1) is 9.61. The van der Waals surface area contributed by atoms with E-state index in [2.05, 4.69) is 5.32 Å². The van der Waals surface area contributed by atoms with Gasteiger partial charge in [0.15, 0.2) is 0 Å². The van der Waals surface area contributed by atoms with E-state index in [1.165, 1.54) is 0 Å². The molecule has 0 bridgehead atoms. The first-order valence-electron chi connectivity index (χ1n) is 6.33. The van der Waals surface area contributed by atoms with Crippen LogP contribution in [0.4, 0.5) is 11.4 Å². The maximum Gasteiger partial charge on any atom is 0.255 e. The number of anilines is 2. The summed E-state index contributed by atoms with van der Waals surface area (Å²) < 4.78 is 0. The fraction of sp³-hybridized carbons (Fsp3) is 0.188. The van der Waals surface area contributed by atoms with Gasteiger partial charge >= 0.3 is 0 Å². The largest absolute Gasteiger partial charge is 0.378 e. The van der Waals surface area contributed by atoms with Crippen LogP contribution in [0, 0.1) is 0 Å². The van der Waals surface area contributed by atoms with Crippen LogP contribution in [0.1, 0.15) is 10.4 Å². The zero-order chi connectivity index (χ0) is 14.5. The molecule has 2 aromatic rings. The molecular weight excluding hydrogens is 268 g/mol. The zero-order valence-corrected chi connectivity index (χ0v) is 12.7. The van der Waals surface area contributed by atoms with Crippen molar-refractivity contribution in [2.75, 3.05) is 30.6 Å². The molecule has 0 atom stereocenters. The molecule has 0 aromatic heterocycles. The quantitative estimate of drug-likeness (QED) is 0.869.